The van der Waals surface area contributed by atoms with E-state index in [1.807, 2.05) is 12.4 Å². The molecule has 0 aromatic carbocycles. The van der Waals surface area contributed by atoms with E-state index in [9.17, 15) is 0 Å². The Labute approximate surface area is 127 Å². The summed E-state index contributed by atoms with van der Waals surface area (Å²) in [5, 5.41) is 0. The molecular formula is C16H29N5. The van der Waals surface area contributed by atoms with Gasteiger partial charge in [0.2, 0.25) is 0 Å². The molecule has 1 unspecified atom stereocenters. The van der Waals surface area contributed by atoms with E-state index in [1.165, 1.54) is 51.6 Å². The molecule has 1 saturated carbocycles. The van der Waals surface area contributed by atoms with E-state index < -0.39 is 0 Å². The van der Waals surface area contributed by atoms with Crippen LogP contribution in [0.15, 0.2) is 12.4 Å². The van der Waals surface area contributed by atoms with Gasteiger partial charge in [0.15, 0.2) is 0 Å². The molecule has 21 heavy (non-hydrogen) atoms. The number of rotatable bonds is 6. The van der Waals surface area contributed by atoms with Gasteiger partial charge >= 0.3 is 0 Å². The van der Waals surface area contributed by atoms with Crippen molar-refractivity contribution >= 4 is 0 Å². The molecule has 3 N–H and O–H groups in total. The zero-order valence-electron chi connectivity index (χ0n) is 13.2. The zero-order valence-corrected chi connectivity index (χ0v) is 13.2. The molecule has 0 bridgehead atoms. The number of nitrogens with two attached hydrogens (primary N) is 1. The first kappa shape index (κ1) is 15.0. The lowest BCUT2D eigenvalue weighted by Crippen LogP contribution is -2.60. The van der Waals surface area contributed by atoms with Crippen LogP contribution in [0.1, 0.15) is 50.8 Å². The first-order chi connectivity index (χ1) is 10.3. The number of imidazole rings is 1. The van der Waals surface area contributed by atoms with E-state index in [-0.39, 0.29) is 5.54 Å². The molecule has 0 radical (unpaired) electrons. The maximum Gasteiger partial charge on any atom is 0.108 e. The molecule has 2 heterocycles. The predicted octanol–water partition coefficient (Wildman–Crippen LogP) is 1.59. The highest BCUT2D eigenvalue weighted by atomic mass is 15.3. The van der Waals surface area contributed by atoms with Gasteiger partial charge < -0.3 is 4.57 Å². The van der Waals surface area contributed by atoms with Gasteiger partial charge in [0.1, 0.15) is 5.82 Å². The number of aryl methyl sites for hydroxylation is 2. The van der Waals surface area contributed by atoms with Crippen molar-refractivity contribution in [1.82, 2.24) is 19.9 Å². The van der Waals surface area contributed by atoms with E-state index in [0.29, 0.717) is 6.04 Å². The second-order valence-corrected chi connectivity index (χ2v) is 6.72. The SMILES string of the molecule is Cn1ccnc1CCC(NN)C1(N2CCCC2)CCCC1. The van der Waals surface area contributed by atoms with Crippen molar-refractivity contribution in [1.29, 1.82) is 0 Å². The lowest BCUT2D eigenvalue weighted by Gasteiger charge is -2.45. The largest absolute Gasteiger partial charge is 0.338 e. The number of likely N-dealkylation sites (tertiary alicyclic amines) is 1. The van der Waals surface area contributed by atoms with E-state index in [4.69, 9.17) is 5.84 Å². The Balaban J connectivity index is 1.71. The van der Waals surface area contributed by atoms with Crippen molar-refractivity contribution < 1.29 is 0 Å². The van der Waals surface area contributed by atoms with Gasteiger partial charge in [-0.2, -0.15) is 0 Å². The molecule has 1 aliphatic heterocycles. The van der Waals surface area contributed by atoms with Gasteiger partial charge in [-0.15, -0.1) is 0 Å². The van der Waals surface area contributed by atoms with Crippen molar-refractivity contribution in [2.24, 2.45) is 12.9 Å². The van der Waals surface area contributed by atoms with Crippen molar-refractivity contribution in [3.8, 4) is 0 Å². The number of nitrogens with one attached hydrogen (secondary N) is 1. The Morgan fingerprint density at radius 1 is 1.29 bits per heavy atom. The van der Waals surface area contributed by atoms with E-state index >= 15 is 0 Å². The van der Waals surface area contributed by atoms with Crippen molar-refractivity contribution in [3.05, 3.63) is 18.2 Å². The van der Waals surface area contributed by atoms with E-state index in [0.717, 1.165) is 18.7 Å². The van der Waals surface area contributed by atoms with Gasteiger partial charge in [-0.25, -0.2) is 4.98 Å². The second kappa shape index (κ2) is 6.46. The van der Waals surface area contributed by atoms with Gasteiger partial charge in [-0.05, 0) is 45.2 Å². The molecule has 1 aromatic rings. The number of hydrogen-bond acceptors (Lipinski definition) is 4. The van der Waals surface area contributed by atoms with Crippen LogP contribution in [0.5, 0.6) is 0 Å². The van der Waals surface area contributed by atoms with Crippen molar-refractivity contribution in [2.45, 2.75) is 62.9 Å². The summed E-state index contributed by atoms with van der Waals surface area (Å²) in [6.07, 6.45) is 13.9. The van der Waals surface area contributed by atoms with Gasteiger partial charge in [-0.3, -0.25) is 16.2 Å². The van der Waals surface area contributed by atoms with E-state index in [2.05, 4.69) is 26.9 Å². The van der Waals surface area contributed by atoms with Crippen LogP contribution < -0.4 is 11.3 Å². The summed E-state index contributed by atoms with van der Waals surface area (Å²) in [4.78, 5) is 7.17. The Bertz CT molecular complexity index is 443. The Morgan fingerprint density at radius 3 is 2.57 bits per heavy atom. The fraction of sp³-hybridized carbons (Fsp3) is 0.812. The minimum atomic E-state index is 0.288. The van der Waals surface area contributed by atoms with E-state index in [1.54, 1.807) is 0 Å². The Morgan fingerprint density at radius 2 is 2.00 bits per heavy atom. The fourth-order valence-electron chi connectivity index (χ4n) is 4.45. The average molecular weight is 291 g/mol. The molecule has 2 aliphatic rings. The van der Waals surface area contributed by atoms with Crippen LogP contribution in [-0.4, -0.2) is 39.1 Å². The Hall–Kier alpha value is -0.910. The summed E-state index contributed by atoms with van der Waals surface area (Å²) in [6.45, 7) is 2.50. The lowest BCUT2D eigenvalue weighted by molar-refractivity contribution is 0.0728. The molecule has 0 amide bonds. The second-order valence-electron chi connectivity index (χ2n) is 6.72. The van der Waals surface area contributed by atoms with Crippen molar-refractivity contribution in [3.63, 3.8) is 0 Å². The molecule has 5 heteroatoms. The van der Waals surface area contributed by atoms with Gasteiger partial charge in [0.05, 0.1) is 0 Å². The minimum Gasteiger partial charge on any atom is -0.338 e. The summed E-state index contributed by atoms with van der Waals surface area (Å²) in [7, 11) is 2.07. The molecule has 2 fully saturated rings. The lowest BCUT2D eigenvalue weighted by atomic mass is 9.84. The summed E-state index contributed by atoms with van der Waals surface area (Å²) in [5.74, 6) is 7.14. The van der Waals surface area contributed by atoms with Crippen LogP contribution in [0.3, 0.4) is 0 Å². The number of nitrogens with zero attached hydrogens (tertiary/aromatic N) is 3. The summed E-state index contributed by atoms with van der Waals surface area (Å²) < 4.78 is 2.12. The third-order valence-electron chi connectivity index (χ3n) is 5.63. The molecule has 3 rings (SSSR count). The predicted molar refractivity (Wildman–Crippen MR) is 84.6 cm³/mol. The average Bonchev–Trinajstić information content (AvgIpc) is 3.20. The minimum absolute atomic E-state index is 0.288. The highest BCUT2D eigenvalue weighted by molar-refractivity contribution is 5.05. The molecule has 5 nitrogen and oxygen atoms in total. The van der Waals surface area contributed by atoms with Gasteiger partial charge in [-0.1, -0.05) is 12.8 Å². The highest BCUT2D eigenvalue weighted by Gasteiger charge is 2.46. The third kappa shape index (κ3) is 2.87. The normalized spacial score (nSPS) is 23.7. The molecular weight excluding hydrogens is 262 g/mol. The molecule has 0 spiro atoms. The summed E-state index contributed by atoms with van der Waals surface area (Å²) in [5.41, 5.74) is 3.45. The van der Waals surface area contributed by atoms with Crippen LogP contribution in [0.2, 0.25) is 0 Å². The topological polar surface area (TPSA) is 59.1 Å². The highest BCUT2D eigenvalue weighted by Crippen LogP contribution is 2.41. The monoisotopic (exact) mass is 291 g/mol. The zero-order chi connectivity index (χ0) is 14.7. The Kier molecular flexibility index (Phi) is 4.62. The number of aromatic nitrogens is 2. The number of hydrazine groups is 1. The van der Waals surface area contributed by atoms with Crippen molar-refractivity contribution in [2.75, 3.05) is 13.1 Å². The van der Waals surface area contributed by atoms with Gasteiger partial charge in [0.25, 0.3) is 0 Å². The first-order valence-electron chi connectivity index (χ1n) is 8.44. The molecule has 118 valence electrons. The summed E-state index contributed by atoms with van der Waals surface area (Å²) in [6, 6.07) is 0.370. The third-order valence-corrected chi connectivity index (χ3v) is 5.63. The summed E-state index contributed by atoms with van der Waals surface area (Å²) >= 11 is 0. The van der Waals surface area contributed by atoms with Crippen LogP contribution >= 0.6 is 0 Å². The van der Waals surface area contributed by atoms with Gasteiger partial charge in [0, 0.05) is 37.4 Å². The molecule has 1 aromatic heterocycles. The molecule has 1 saturated heterocycles. The number of hydrogen-bond donors (Lipinski definition) is 2. The first-order valence-corrected chi connectivity index (χ1v) is 8.44. The quantitative estimate of drug-likeness (QED) is 0.617. The van der Waals surface area contributed by atoms with Crippen LogP contribution in [0.25, 0.3) is 0 Å². The fourth-order valence-corrected chi connectivity index (χ4v) is 4.45. The maximum absolute atomic E-state index is 5.98. The van der Waals surface area contributed by atoms with Crippen LogP contribution in [-0.2, 0) is 13.5 Å². The standard InChI is InChI=1S/C16H29N5/c1-20-13-10-18-15(20)7-6-14(19-17)16(8-2-3-9-16)21-11-4-5-12-21/h10,13-14,19H,2-9,11-12,17H2,1H3. The maximum atomic E-state index is 5.98. The molecule has 1 aliphatic carbocycles. The smallest absolute Gasteiger partial charge is 0.108 e. The van der Waals surface area contributed by atoms with Crippen LogP contribution in [0.4, 0.5) is 0 Å². The van der Waals surface area contributed by atoms with Crippen LogP contribution in [0, 0.1) is 0 Å². The molecule has 1 atom stereocenters.